The van der Waals surface area contributed by atoms with Crippen molar-refractivity contribution in [2.45, 2.75) is 0 Å². The highest BCUT2D eigenvalue weighted by molar-refractivity contribution is 6.30. The van der Waals surface area contributed by atoms with Crippen molar-refractivity contribution >= 4 is 51.2 Å². The number of para-hydroxylation sites is 3. The lowest BCUT2D eigenvalue weighted by Gasteiger charge is -2.08. The van der Waals surface area contributed by atoms with Gasteiger partial charge in [-0.05, 0) is 48.5 Å². The van der Waals surface area contributed by atoms with Crippen molar-refractivity contribution in [3.05, 3.63) is 89.4 Å². The van der Waals surface area contributed by atoms with E-state index in [-0.39, 0.29) is 17.3 Å². The zero-order valence-corrected chi connectivity index (χ0v) is 16.5. The summed E-state index contributed by atoms with van der Waals surface area (Å²) in [5.41, 5.74) is 10.5. The SMILES string of the molecule is Nc1c(C(=O)Nc2ccccc2)c2nc3ccccc3nc2n1-c1ccc(Cl)cc1. The number of nitrogen functional groups attached to an aromatic ring is 1. The number of anilines is 2. The smallest absolute Gasteiger partial charge is 0.261 e. The van der Waals surface area contributed by atoms with Gasteiger partial charge in [-0.25, -0.2) is 9.97 Å². The fourth-order valence-corrected chi connectivity index (χ4v) is 3.58. The second-order valence-corrected chi connectivity index (χ2v) is 7.21. The highest BCUT2D eigenvalue weighted by atomic mass is 35.5. The molecule has 3 N–H and O–H groups in total. The Morgan fingerprint density at radius 3 is 2.20 bits per heavy atom. The molecule has 0 atom stereocenters. The van der Waals surface area contributed by atoms with Crippen LogP contribution in [0.5, 0.6) is 0 Å². The second kappa shape index (κ2) is 7.17. The minimum atomic E-state index is -0.346. The summed E-state index contributed by atoms with van der Waals surface area (Å²) in [6, 6.07) is 23.9. The monoisotopic (exact) mass is 413 g/mol. The standard InChI is InChI=1S/C23H16ClN5O/c24-14-10-12-16(13-11-14)29-21(25)19(23(30)26-15-6-2-1-3-7-15)20-22(29)28-18-9-5-4-8-17(18)27-20/h1-13H,25H2,(H,26,30). The largest absolute Gasteiger partial charge is 0.384 e. The van der Waals surface area contributed by atoms with E-state index in [4.69, 9.17) is 27.3 Å². The van der Waals surface area contributed by atoms with Gasteiger partial charge in [-0.2, -0.15) is 0 Å². The molecule has 0 aliphatic heterocycles. The number of nitrogens with two attached hydrogens (primary N) is 1. The average molecular weight is 414 g/mol. The summed E-state index contributed by atoms with van der Waals surface area (Å²) >= 11 is 6.05. The first-order valence-electron chi connectivity index (χ1n) is 9.31. The van der Waals surface area contributed by atoms with Crippen LogP contribution in [0.3, 0.4) is 0 Å². The molecule has 7 heteroatoms. The molecule has 0 saturated heterocycles. The van der Waals surface area contributed by atoms with Gasteiger partial charge in [-0.3, -0.25) is 9.36 Å². The van der Waals surface area contributed by atoms with E-state index in [9.17, 15) is 4.79 Å². The molecule has 2 aromatic heterocycles. The molecular formula is C23H16ClN5O. The first-order valence-corrected chi connectivity index (χ1v) is 9.68. The predicted octanol–water partition coefficient (Wildman–Crippen LogP) is 5.06. The Kier molecular flexibility index (Phi) is 4.34. The van der Waals surface area contributed by atoms with Crippen LogP contribution < -0.4 is 11.1 Å². The number of nitrogens with one attached hydrogen (secondary N) is 1. The van der Waals surface area contributed by atoms with Gasteiger partial charge in [0.2, 0.25) is 0 Å². The van der Waals surface area contributed by atoms with Gasteiger partial charge in [0.1, 0.15) is 16.9 Å². The molecular weight excluding hydrogens is 398 g/mol. The molecule has 0 saturated carbocycles. The fourth-order valence-electron chi connectivity index (χ4n) is 3.45. The fraction of sp³-hybridized carbons (Fsp3) is 0. The molecule has 0 fully saturated rings. The van der Waals surface area contributed by atoms with E-state index in [1.54, 1.807) is 16.7 Å². The number of carbonyl (C=O) groups excluding carboxylic acids is 1. The van der Waals surface area contributed by atoms with Crippen LogP contribution in [0.15, 0.2) is 78.9 Å². The molecule has 1 amide bonds. The Hall–Kier alpha value is -3.90. The zero-order valence-electron chi connectivity index (χ0n) is 15.7. The third-order valence-corrected chi connectivity index (χ3v) is 5.09. The molecule has 0 radical (unpaired) electrons. The van der Waals surface area contributed by atoms with E-state index >= 15 is 0 Å². The normalized spacial score (nSPS) is 11.1. The Bertz CT molecular complexity index is 1390. The third-order valence-electron chi connectivity index (χ3n) is 4.84. The molecule has 6 nitrogen and oxygen atoms in total. The summed E-state index contributed by atoms with van der Waals surface area (Å²) in [6.07, 6.45) is 0. The van der Waals surface area contributed by atoms with E-state index in [2.05, 4.69) is 5.32 Å². The number of benzene rings is 3. The summed E-state index contributed by atoms with van der Waals surface area (Å²) in [5, 5.41) is 3.50. The van der Waals surface area contributed by atoms with Gasteiger partial charge in [-0.1, -0.05) is 41.9 Å². The van der Waals surface area contributed by atoms with Crippen LogP contribution in [-0.4, -0.2) is 20.4 Å². The third kappa shape index (κ3) is 3.03. The maximum absolute atomic E-state index is 13.2. The zero-order chi connectivity index (χ0) is 20.7. The number of nitrogens with zero attached hydrogens (tertiary/aromatic N) is 3. The number of hydrogen-bond acceptors (Lipinski definition) is 4. The van der Waals surface area contributed by atoms with E-state index < -0.39 is 0 Å². The predicted molar refractivity (Wildman–Crippen MR) is 120 cm³/mol. The van der Waals surface area contributed by atoms with E-state index in [1.807, 2.05) is 66.7 Å². The maximum atomic E-state index is 13.2. The molecule has 5 rings (SSSR count). The Labute approximate surface area is 176 Å². The topological polar surface area (TPSA) is 85.8 Å². The number of amides is 1. The minimum Gasteiger partial charge on any atom is -0.384 e. The lowest BCUT2D eigenvalue weighted by Crippen LogP contribution is -2.14. The second-order valence-electron chi connectivity index (χ2n) is 6.78. The summed E-state index contributed by atoms with van der Waals surface area (Å²) in [5.74, 6) is -0.0861. The molecule has 30 heavy (non-hydrogen) atoms. The van der Waals surface area contributed by atoms with Gasteiger partial charge in [0, 0.05) is 16.4 Å². The van der Waals surface area contributed by atoms with Gasteiger partial charge >= 0.3 is 0 Å². The minimum absolute atomic E-state index is 0.260. The molecule has 2 heterocycles. The number of fused-ring (bicyclic) bond motifs is 2. The molecule has 146 valence electrons. The van der Waals surface area contributed by atoms with Crippen molar-refractivity contribution in [1.29, 1.82) is 0 Å². The van der Waals surface area contributed by atoms with E-state index in [0.717, 1.165) is 5.69 Å². The van der Waals surface area contributed by atoms with Crippen molar-refractivity contribution in [3.63, 3.8) is 0 Å². The number of hydrogen-bond donors (Lipinski definition) is 2. The van der Waals surface area contributed by atoms with Gasteiger partial charge in [0.15, 0.2) is 5.65 Å². The summed E-state index contributed by atoms with van der Waals surface area (Å²) in [4.78, 5) is 22.7. The maximum Gasteiger partial charge on any atom is 0.261 e. The van der Waals surface area contributed by atoms with Crippen LogP contribution in [-0.2, 0) is 0 Å². The lowest BCUT2D eigenvalue weighted by atomic mass is 10.2. The van der Waals surface area contributed by atoms with Crippen LogP contribution in [0.2, 0.25) is 5.02 Å². The van der Waals surface area contributed by atoms with Crippen molar-refractivity contribution in [2.75, 3.05) is 11.1 Å². The quantitative estimate of drug-likeness (QED) is 0.432. The molecule has 0 aliphatic rings. The first-order chi connectivity index (χ1) is 14.6. The van der Waals surface area contributed by atoms with Crippen LogP contribution >= 0.6 is 11.6 Å². The van der Waals surface area contributed by atoms with Gasteiger partial charge < -0.3 is 11.1 Å². The average Bonchev–Trinajstić information content (AvgIpc) is 3.04. The summed E-state index contributed by atoms with van der Waals surface area (Å²) in [6.45, 7) is 0. The van der Waals surface area contributed by atoms with Gasteiger partial charge in [0.25, 0.3) is 5.91 Å². The van der Waals surface area contributed by atoms with Crippen LogP contribution in [0.4, 0.5) is 11.5 Å². The van der Waals surface area contributed by atoms with E-state index in [0.29, 0.717) is 32.9 Å². The Balaban J connectivity index is 1.77. The Morgan fingerprint density at radius 1 is 0.867 bits per heavy atom. The number of halogens is 1. The molecule has 5 aromatic rings. The van der Waals surface area contributed by atoms with Gasteiger partial charge in [0.05, 0.1) is 11.0 Å². The van der Waals surface area contributed by atoms with Crippen LogP contribution in [0.25, 0.3) is 27.9 Å². The van der Waals surface area contributed by atoms with Crippen molar-refractivity contribution in [1.82, 2.24) is 14.5 Å². The highest BCUT2D eigenvalue weighted by Gasteiger charge is 2.25. The highest BCUT2D eigenvalue weighted by Crippen LogP contribution is 2.32. The van der Waals surface area contributed by atoms with Crippen molar-refractivity contribution < 1.29 is 4.79 Å². The van der Waals surface area contributed by atoms with Gasteiger partial charge in [-0.15, -0.1) is 0 Å². The first kappa shape index (κ1) is 18.1. The van der Waals surface area contributed by atoms with Crippen LogP contribution in [0, 0.1) is 0 Å². The van der Waals surface area contributed by atoms with Crippen molar-refractivity contribution in [3.8, 4) is 5.69 Å². The number of aromatic nitrogens is 3. The summed E-state index contributed by atoms with van der Waals surface area (Å²) < 4.78 is 1.73. The molecule has 0 spiro atoms. The number of carbonyl (C=O) groups is 1. The Morgan fingerprint density at radius 2 is 1.50 bits per heavy atom. The van der Waals surface area contributed by atoms with Crippen molar-refractivity contribution in [2.24, 2.45) is 0 Å². The van der Waals surface area contributed by atoms with Crippen LogP contribution in [0.1, 0.15) is 10.4 Å². The lowest BCUT2D eigenvalue weighted by molar-refractivity contribution is 0.102. The molecule has 3 aromatic carbocycles. The molecule has 0 bridgehead atoms. The molecule has 0 unspecified atom stereocenters. The van der Waals surface area contributed by atoms with E-state index in [1.165, 1.54) is 0 Å². The number of rotatable bonds is 3. The summed E-state index contributed by atoms with van der Waals surface area (Å²) in [7, 11) is 0. The molecule has 0 aliphatic carbocycles.